The van der Waals surface area contributed by atoms with Crippen LogP contribution in [0, 0.1) is 0 Å². The zero-order valence-corrected chi connectivity index (χ0v) is 8.11. The van der Waals surface area contributed by atoms with Crippen LogP contribution in [0.2, 0.25) is 0 Å². The van der Waals surface area contributed by atoms with Crippen LogP contribution in [-0.4, -0.2) is 37.6 Å². The summed E-state index contributed by atoms with van der Waals surface area (Å²) in [4.78, 5) is 22.0. The molecule has 0 heterocycles. The molecule has 0 N–H and O–H groups in total. The van der Waals surface area contributed by atoms with E-state index < -0.39 is 0 Å². The molecule has 0 aliphatic rings. The smallest absolute Gasteiger partial charge is 0.133 e. The minimum Gasteiger partial charge on any atom is -0.303 e. The van der Waals surface area contributed by atoms with Gasteiger partial charge in [-0.1, -0.05) is 12.2 Å². The summed E-state index contributed by atoms with van der Waals surface area (Å²) in [6.07, 6.45) is 8.22. The Morgan fingerprint density at radius 1 is 1.00 bits per heavy atom. The van der Waals surface area contributed by atoms with Gasteiger partial charge in [-0.3, -0.25) is 4.90 Å². The third-order valence-corrected chi connectivity index (χ3v) is 1.68. The van der Waals surface area contributed by atoms with Crippen molar-refractivity contribution in [1.29, 1.82) is 0 Å². The van der Waals surface area contributed by atoms with E-state index >= 15 is 0 Å². The molecule has 0 spiro atoms. The maximum Gasteiger partial charge on any atom is 0.133 e. The number of carbonyl (C=O) groups excluding carboxylic acids is 2. The second-order valence-corrected chi connectivity index (χ2v) is 2.93. The van der Waals surface area contributed by atoms with E-state index in [1.165, 1.54) is 0 Å². The molecule has 0 fully saturated rings. The molecule has 0 aromatic rings. The van der Waals surface area contributed by atoms with Crippen molar-refractivity contribution in [1.82, 2.24) is 4.90 Å². The van der Waals surface area contributed by atoms with Crippen LogP contribution in [0.15, 0.2) is 12.2 Å². The first kappa shape index (κ1) is 12.0. The molecule has 0 amide bonds. The first-order chi connectivity index (χ1) is 6.31. The molecule has 0 saturated heterocycles. The summed E-state index contributed by atoms with van der Waals surface area (Å²) in [6.45, 7) is 1.37. The predicted octanol–water partition coefficient (Wildman–Crippen LogP) is 1.04. The summed E-state index contributed by atoms with van der Waals surface area (Å²) in [5.74, 6) is 0. The molecular weight excluding hydrogens is 166 g/mol. The van der Waals surface area contributed by atoms with Gasteiger partial charge in [0.05, 0.1) is 6.54 Å². The molecule has 0 unspecified atom stereocenters. The lowest BCUT2D eigenvalue weighted by Gasteiger charge is -2.10. The van der Waals surface area contributed by atoms with Crippen LogP contribution in [-0.2, 0) is 9.59 Å². The van der Waals surface area contributed by atoms with Gasteiger partial charge in [0.1, 0.15) is 12.6 Å². The van der Waals surface area contributed by atoms with Crippen LogP contribution in [0.4, 0.5) is 0 Å². The highest BCUT2D eigenvalue weighted by Crippen LogP contribution is 1.92. The van der Waals surface area contributed by atoms with Crippen LogP contribution >= 0.6 is 0 Å². The third kappa shape index (κ3) is 8.95. The second kappa shape index (κ2) is 9.13. The number of hydrogen-bond acceptors (Lipinski definition) is 3. The minimum absolute atomic E-state index is 0.488. The van der Waals surface area contributed by atoms with Gasteiger partial charge in [-0.15, -0.1) is 0 Å². The van der Waals surface area contributed by atoms with Gasteiger partial charge in [-0.05, 0) is 19.9 Å². The fraction of sp³-hybridized carbons (Fsp3) is 0.600. The first-order valence-corrected chi connectivity index (χ1v) is 4.52. The molecule has 0 aromatic carbocycles. The molecule has 3 nitrogen and oxygen atoms in total. The first-order valence-electron chi connectivity index (χ1n) is 4.52. The van der Waals surface area contributed by atoms with Gasteiger partial charge in [-0.2, -0.15) is 0 Å². The van der Waals surface area contributed by atoms with Crippen LogP contribution in [0.5, 0.6) is 0 Å². The highest BCUT2D eigenvalue weighted by Gasteiger charge is 1.92. The summed E-state index contributed by atoms with van der Waals surface area (Å²) in [5, 5.41) is 0. The van der Waals surface area contributed by atoms with E-state index in [1.54, 1.807) is 0 Å². The molecule has 0 saturated carbocycles. The van der Waals surface area contributed by atoms with E-state index in [2.05, 4.69) is 0 Å². The van der Waals surface area contributed by atoms with Crippen molar-refractivity contribution in [2.24, 2.45) is 0 Å². The minimum atomic E-state index is 0.488. The number of allylic oxidation sites excluding steroid dienone is 1. The number of rotatable bonds is 8. The van der Waals surface area contributed by atoms with Gasteiger partial charge in [-0.25, -0.2) is 0 Å². The van der Waals surface area contributed by atoms with Crippen molar-refractivity contribution < 1.29 is 9.59 Å². The van der Waals surface area contributed by atoms with Gasteiger partial charge >= 0.3 is 0 Å². The van der Waals surface area contributed by atoms with Crippen molar-refractivity contribution in [3.63, 3.8) is 0 Å². The highest BCUT2D eigenvalue weighted by atomic mass is 16.1. The third-order valence-electron chi connectivity index (χ3n) is 1.68. The summed E-state index contributed by atoms with van der Waals surface area (Å²) < 4.78 is 0. The van der Waals surface area contributed by atoms with E-state index in [9.17, 15) is 9.59 Å². The Hall–Kier alpha value is -0.960. The van der Waals surface area contributed by atoms with Gasteiger partial charge in [0.15, 0.2) is 0 Å². The largest absolute Gasteiger partial charge is 0.303 e. The number of likely N-dealkylation sites (N-methyl/N-ethyl adjacent to an activating group) is 1. The van der Waals surface area contributed by atoms with Gasteiger partial charge in [0.2, 0.25) is 0 Å². The van der Waals surface area contributed by atoms with Crippen molar-refractivity contribution >= 4 is 12.6 Å². The second-order valence-electron chi connectivity index (χ2n) is 2.93. The normalized spacial score (nSPS) is 10.9. The van der Waals surface area contributed by atoms with Crippen molar-refractivity contribution in [2.75, 3.05) is 20.1 Å². The molecule has 0 aromatic heterocycles. The van der Waals surface area contributed by atoms with Gasteiger partial charge < -0.3 is 9.59 Å². The molecule has 74 valence electrons. The molecular formula is C10H17NO2. The molecule has 3 heteroatoms. The predicted molar refractivity (Wildman–Crippen MR) is 52.6 cm³/mol. The quantitative estimate of drug-likeness (QED) is 0.320. The zero-order chi connectivity index (χ0) is 9.94. The van der Waals surface area contributed by atoms with Crippen molar-refractivity contribution in [3.05, 3.63) is 12.2 Å². The maximum absolute atomic E-state index is 10.1. The number of carbonyl (C=O) groups is 2. The Morgan fingerprint density at radius 2 is 1.69 bits per heavy atom. The maximum atomic E-state index is 10.1. The van der Waals surface area contributed by atoms with E-state index in [0.717, 1.165) is 32.0 Å². The van der Waals surface area contributed by atoms with Crippen LogP contribution in [0.1, 0.15) is 19.3 Å². The molecule has 0 aliphatic heterocycles. The molecule has 0 radical (unpaired) electrons. The Balaban J connectivity index is 3.27. The fourth-order valence-corrected chi connectivity index (χ4v) is 0.913. The number of unbranched alkanes of at least 4 members (excludes halogenated alkanes) is 1. The summed E-state index contributed by atoms with van der Waals surface area (Å²) >= 11 is 0. The molecule has 0 bridgehead atoms. The van der Waals surface area contributed by atoms with Gasteiger partial charge in [0, 0.05) is 13.0 Å². The Morgan fingerprint density at radius 3 is 2.31 bits per heavy atom. The monoisotopic (exact) mass is 183 g/mol. The topological polar surface area (TPSA) is 37.4 Å². The lowest BCUT2D eigenvalue weighted by atomic mass is 10.3. The number of aldehydes is 2. The van der Waals surface area contributed by atoms with Gasteiger partial charge in [0.25, 0.3) is 0 Å². The Kier molecular flexibility index (Phi) is 8.46. The Labute approximate surface area is 79.4 Å². The van der Waals surface area contributed by atoms with E-state index in [4.69, 9.17) is 0 Å². The zero-order valence-electron chi connectivity index (χ0n) is 8.11. The van der Waals surface area contributed by atoms with E-state index in [1.807, 2.05) is 24.1 Å². The van der Waals surface area contributed by atoms with Crippen LogP contribution in [0.3, 0.4) is 0 Å². The number of nitrogens with zero attached hydrogens (tertiary/aromatic N) is 1. The van der Waals surface area contributed by atoms with E-state index in [0.29, 0.717) is 13.0 Å². The SMILES string of the molecule is CN(CC=O)CC/C=C\CCC=O. The lowest BCUT2D eigenvalue weighted by molar-refractivity contribution is -0.109. The highest BCUT2D eigenvalue weighted by molar-refractivity contribution is 5.51. The van der Waals surface area contributed by atoms with Crippen LogP contribution in [0.25, 0.3) is 0 Å². The molecule has 0 atom stereocenters. The average Bonchev–Trinajstić information content (AvgIpc) is 2.11. The van der Waals surface area contributed by atoms with E-state index in [-0.39, 0.29) is 0 Å². The van der Waals surface area contributed by atoms with Crippen molar-refractivity contribution in [3.8, 4) is 0 Å². The molecule has 0 rings (SSSR count). The fourth-order valence-electron chi connectivity index (χ4n) is 0.913. The molecule has 0 aliphatic carbocycles. The standard InChI is InChI=1S/C10H17NO2/c1-11(8-10-13)7-5-3-2-4-6-9-12/h2-3,9-10H,4-8H2,1H3/b3-2-. The van der Waals surface area contributed by atoms with Crippen LogP contribution < -0.4 is 0 Å². The lowest BCUT2D eigenvalue weighted by Crippen LogP contribution is -2.21. The molecule has 13 heavy (non-hydrogen) atoms. The average molecular weight is 183 g/mol. The number of hydrogen-bond donors (Lipinski definition) is 0. The Bertz CT molecular complexity index is 166. The summed E-state index contributed by atoms with van der Waals surface area (Å²) in [5.41, 5.74) is 0. The summed E-state index contributed by atoms with van der Waals surface area (Å²) in [6, 6.07) is 0. The van der Waals surface area contributed by atoms with Crippen molar-refractivity contribution in [2.45, 2.75) is 19.3 Å². The summed E-state index contributed by atoms with van der Waals surface area (Å²) in [7, 11) is 1.91.